The van der Waals surface area contributed by atoms with Crippen molar-refractivity contribution in [3.05, 3.63) is 25.6 Å². The molecule has 2 aliphatic rings. The molecule has 0 aromatic heterocycles. The Balaban J connectivity index is 1.69. The van der Waals surface area contributed by atoms with Crippen LogP contribution in [-0.2, 0) is 0 Å². The van der Waals surface area contributed by atoms with Crippen molar-refractivity contribution in [1.82, 2.24) is 4.90 Å². The Labute approximate surface area is 133 Å². The first kappa shape index (κ1) is 13.4. The topological polar surface area (TPSA) is 15.3 Å². The Hall–Kier alpha value is 0.420. The van der Waals surface area contributed by atoms with Gasteiger partial charge in [-0.15, -0.1) is 0 Å². The van der Waals surface area contributed by atoms with Crippen LogP contribution in [0.1, 0.15) is 19.3 Å². The highest BCUT2D eigenvalue weighted by atomic mass is 79.9. The molecule has 98 valence electrons. The average molecular weight is 439 g/mol. The monoisotopic (exact) mass is 436 g/mol. The molecule has 1 saturated heterocycles. The van der Waals surface area contributed by atoms with Crippen LogP contribution >= 0.6 is 47.8 Å². The molecule has 1 aliphatic heterocycles. The summed E-state index contributed by atoms with van der Waals surface area (Å²) in [6.45, 7) is 2.42. The maximum absolute atomic E-state index is 3.66. The molecule has 18 heavy (non-hydrogen) atoms. The van der Waals surface area contributed by atoms with Gasteiger partial charge in [0.15, 0.2) is 0 Å². The Morgan fingerprint density at radius 2 is 1.72 bits per heavy atom. The fourth-order valence-corrected chi connectivity index (χ4v) is 5.05. The number of rotatable bonds is 3. The maximum Gasteiger partial charge on any atom is 0.0632 e. The molecule has 1 aliphatic carbocycles. The van der Waals surface area contributed by atoms with Crippen LogP contribution in [0.15, 0.2) is 25.6 Å². The lowest BCUT2D eigenvalue weighted by atomic mass is 10.2. The van der Waals surface area contributed by atoms with E-state index < -0.39 is 0 Å². The summed E-state index contributed by atoms with van der Waals surface area (Å²) in [6.07, 6.45) is 4.04. The summed E-state index contributed by atoms with van der Waals surface area (Å²) in [4.78, 5) is 2.62. The van der Waals surface area contributed by atoms with Crippen molar-refractivity contribution in [2.75, 3.05) is 18.4 Å². The maximum atomic E-state index is 3.66. The van der Waals surface area contributed by atoms with Crippen LogP contribution in [0.4, 0.5) is 5.69 Å². The van der Waals surface area contributed by atoms with E-state index >= 15 is 0 Å². The van der Waals surface area contributed by atoms with E-state index in [4.69, 9.17) is 0 Å². The number of hydrogen-bond donors (Lipinski definition) is 1. The molecule has 2 fully saturated rings. The number of benzene rings is 1. The van der Waals surface area contributed by atoms with Crippen LogP contribution in [-0.4, -0.2) is 30.1 Å². The lowest BCUT2D eigenvalue weighted by Crippen LogP contribution is -2.27. The van der Waals surface area contributed by atoms with Gasteiger partial charge in [0.05, 0.1) is 5.69 Å². The van der Waals surface area contributed by atoms with Gasteiger partial charge in [0, 0.05) is 38.6 Å². The minimum absolute atomic E-state index is 0.569. The summed E-state index contributed by atoms with van der Waals surface area (Å²) in [5.74, 6) is 0. The molecule has 0 amide bonds. The molecule has 1 N–H and O–H groups in total. The van der Waals surface area contributed by atoms with Gasteiger partial charge in [-0.2, -0.15) is 0 Å². The molecule has 1 atom stereocenters. The lowest BCUT2D eigenvalue weighted by Gasteiger charge is -2.18. The van der Waals surface area contributed by atoms with Gasteiger partial charge in [-0.05, 0) is 63.3 Å². The molecule has 1 unspecified atom stereocenters. The number of likely N-dealkylation sites (tertiary alicyclic amines) is 1. The van der Waals surface area contributed by atoms with Crippen molar-refractivity contribution in [2.24, 2.45) is 0 Å². The molecule has 1 aromatic carbocycles. The molecule has 2 nitrogen and oxygen atoms in total. The molecule has 0 spiro atoms. The average Bonchev–Trinajstić information content (AvgIpc) is 3.04. The first-order valence-electron chi connectivity index (χ1n) is 6.28. The van der Waals surface area contributed by atoms with Crippen molar-refractivity contribution in [3.63, 3.8) is 0 Å². The first-order valence-corrected chi connectivity index (χ1v) is 8.66. The highest BCUT2D eigenvalue weighted by Crippen LogP contribution is 2.36. The van der Waals surface area contributed by atoms with Gasteiger partial charge < -0.3 is 5.32 Å². The molecular weight excluding hydrogens is 424 g/mol. The second-order valence-electron chi connectivity index (χ2n) is 5.10. The highest BCUT2D eigenvalue weighted by Gasteiger charge is 2.34. The zero-order chi connectivity index (χ0) is 12.7. The third-order valence-corrected chi connectivity index (χ3v) is 5.35. The van der Waals surface area contributed by atoms with E-state index in [1.165, 1.54) is 38.0 Å². The summed E-state index contributed by atoms with van der Waals surface area (Å²) in [7, 11) is 0. The number of anilines is 1. The number of nitrogens with one attached hydrogen (secondary N) is 1. The summed E-state index contributed by atoms with van der Waals surface area (Å²) < 4.78 is 3.29. The summed E-state index contributed by atoms with van der Waals surface area (Å²) in [6, 6.07) is 5.62. The third kappa shape index (κ3) is 2.94. The van der Waals surface area contributed by atoms with Crippen LogP contribution in [0.5, 0.6) is 0 Å². The summed E-state index contributed by atoms with van der Waals surface area (Å²) >= 11 is 10.8. The van der Waals surface area contributed by atoms with Gasteiger partial charge in [-0.25, -0.2) is 0 Å². The van der Waals surface area contributed by atoms with Crippen molar-refractivity contribution in [2.45, 2.75) is 31.3 Å². The summed E-state index contributed by atoms with van der Waals surface area (Å²) in [5.41, 5.74) is 1.17. The molecule has 0 radical (unpaired) electrons. The van der Waals surface area contributed by atoms with Crippen molar-refractivity contribution in [3.8, 4) is 0 Å². The SMILES string of the molecule is Brc1cc(Br)c(NC2CCN(C3CC3)C2)c(Br)c1. The predicted octanol–water partition coefficient (Wildman–Crippen LogP) is 4.62. The second kappa shape index (κ2) is 5.43. The molecule has 0 bridgehead atoms. The number of nitrogens with zero attached hydrogens (tertiary/aromatic N) is 1. The van der Waals surface area contributed by atoms with Gasteiger partial charge in [-0.1, -0.05) is 15.9 Å². The van der Waals surface area contributed by atoms with Crippen molar-refractivity contribution < 1.29 is 0 Å². The van der Waals surface area contributed by atoms with Crippen LogP contribution in [0.3, 0.4) is 0 Å². The van der Waals surface area contributed by atoms with Gasteiger partial charge in [0.2, 0.25) is 0 Å². The van der Waals surface area contributed by atoms with E-state index in [0.717, 1.165) is 19.5 Å². The predicted molar refractivity (Wildman–Crippen MR) is 86.2 cm³/mol. The van der Waals surface area contributed by atoms with Crippen LogP contribution < -0.4 is 5.32 Å². The highest BCUT2D eigenvalue weighted by molar-refractivity contribution is 9.11. The zero-order valence-corrected chi connectivity index (χ0v) is 14.7. The quantitative estimate of drug-likeness (QED) is 0.740. The first-order chi connectivity index (χ1) is 8.63. The van der Waals surface area contributed by atoms with E-state index in [1.54, 1.807) is 0 Å². The molecular formula is C13H15Br3N2. The van der Waals surface area contributed by atoms with Gasteiger partial charge in [-0.3, -0.25) is 4.90 Å². The zero-order valence-electron chi connectivity index (χ0n) is 9.93. The van der Waals surface area contributed by atoms with E-state index in [0.29, 0.717) is 6.04 Å². The van der Waals surface area contributed by atoms with Crippen LogP contribution in [0.2, 0.25) is 0 Å². The Kier molecular flexibility index (Phi) is 4.04. The summed E-state index contributed by atoms with van der Waals surface area (Å²) in [5, 5.41) is 3.66. The van der Waals surface area contributed by atoms with Crippen molar-refractivity contribution in [1.29, 1.82) is 0 Å². The van der Waals surface area contributed by atoms with Gasteiger partial charge >= 0.3 is 0 Å². The molecule has 1 saturated carbocycles. The molecule has 5 heteroatoms. The smallest absolute Gasteiger partial charge is 0.0632 e. The van der Waals surface area contributed by atoms with Crippen LogP contribution in [0.25, 0.3) is 0 Å². The minimum Gasteiger partial charge on any atom is -0.379 e. The molecule has 1 aromatic rings. The Morgan fingerprint density at radius 1 is 1.06 bits per heavy atom. The molecule has 1 heterocycles. The normalized spacial score (nSPS) is 24.5. The standard InChI is InChI=1S/C13H15Br3N2/c14-8-5-11(15)13(12(16)6-8)17-9-3-4-18(7-9)10-1-2-10/h5-6,9-10,17H,1-4,7H2. The van der Waals surface area contributed by atoms with E-state index in [1.807, 2.05) is 0 Å². The Bertz CT molecular complexity index is 437. The second-order valence-corrected chi connectivity index (χ2v) is 7.72. The lowest BCUT2D eigenvalue weighted by molar-refractivity contribution is 0.326. The van der Waals surface area contributed by atoms with E-state index in [9.17, 15) is 0 Å². The number of hydrogen-bond acceptors (Lipinski definition) is 2. The van der Waals surface area contributed by atoms with Crippen molar-refractivity contribution >= 4 is 53.5 Å². The fourth-order valence-electron chi connectivity index (χ4n) is 2.56. The minimum atomic E-state index is 0.569. The van der Waals surface area contributed by atoms with Gasteiger partial charge in [0.1, 0.15) is 0 Å². The fraction of sp³-hybridized carbons (Fsp3) is 0.538. The van der Waals surface area contributed by atoms with E-state index in [2.05, 4.69) is 70.1 Å². The molecule has 3 rings (SSSR count). The van der Waals surface area contributed by atoms with E-state index in [-0.39, 0.29) is 0 Å². The largest absolute Gasteiger partial charge is 0.379 e. The third-order valence-electron chi connectivity index (χ3n) is 3.64. The number of halogens is 3. The van der Waals surface area contributed by atoms with Gasteiger partial charge in [0.25, 0.3) is 0 Å². The van der Waals surface area contributed by atoms with Crippen LogP contribution in [0, 0.1) is 0 Å². The Morgan fingerprint density at radius 3 is 2.33 bits per heavy atom.